The van der Waals surface area contributed by atoms with E-state index in [4.69, 9.17) is 16.7 Å². The van der Waals surface area contributed by atoms with Crippen LogP contribution in [0.4, 0.5) is 13.2 Å². The molecule has 0 fully saturated rings. The highest BCUT2D eigenvalue weighted by molar-refractivity contribution is 6.31. The van der Waals surface area contributed by atoms with E-state index in [1.807, 2.05) is 0 Å². The number of carbonyl (C=O) groups is 1. The Hall–Kier alpha value is -1.83. The molecule has 0 aliphatic heterocycles. The zero-order valence-corrected chi connectivity index (χ0v) is 10.7. The predicted molar refractivity (Wildman–Crippen MR) is 64.4 cm³/mol. The maximum Gasteiger partial charge on any atom is 0.449 e. The molecule has 0 aliphatic carbocycles. The van der Waals surface area contributed by atoms with Gasteiger partial charge in [-0.3, -0.25) is 4.79 Å². The van der Waals surface area contributed by atoms with Crippen molar-refractivity contribution in [2.24, 2.45) is 0 Å². The van der Waals surface area contributed by atoms with E-state index in [9.17, 15) is 18.0 Å². The summed E-state index contributed by atoms with van der Waals surface area (Å²) in [6, 6.07) is 1.28. The molecule has 5 nitrogen and oxygen atoms in total. The van der Waals surface area contributed by atoms with Crippen LogP contribution in [-0.2, 0) is 17.5 Å². The van der Waals surface area contributed by atoms with E-state index in [1.165, 1.54) is 12.3 Å². The lowest BCUT2D eigenvalue weighted by Crippen LogP contribution is -2.16. The lowest BCUT2D eigenvalue weighted by molar-refractivity contribution is -0.147. The number of rotatable bonds is 4. The number of carboxylic acid groups (broad SMARTS) is 1. The highest BCUT2D eigenvalue weighted by Crippen LogP contribution is 2.31. The van der Waals surface area contributed by atoms with E-state index in [1.54, 1.807) is 0 Å². The van der Waals surface area contributed by atoms with Crippen molar-refractivity contribution in [3.63, 3.8) is 0 Å². The Morgan fingerprint density at radius 1 is 1.45 bits per heavy atom. The van der Waals surface area contributed by atoms with Gasteiger partial charge in [-0.05, 0) is 12.5 Å². The van der Waals surface area contributed by atoms with Crippen LogP contribution in [0, 0.1) is 0 Å². The summed E-state index contributed by atoms with van der Waals surface area (Å²) in [6.07, 6.45) is -3.60. The Labute approximate surface area is 116 Å². The second kappa shape index (κ2) is 5.28. The number of fused-ring (bicyclic) bond motifs is 1. The molecule has 0 spiro atoms. The number of halogens is 4. The van der Waals surface area contributed by atoms with Crippen molar-refractivity contribution in [2.75, 3.05) is 0 Å². The Morgan fingerprint density at radius 2 is 2.15 bits per heavy atom. The maximum absolute atomic E-state index is 12.9. The fourth-order valence-electron chi connectivity index (χ4n) is 1.80. The molecule has 2 heterocycles. The molecule has 0 radical (unpaired) electrons. The third kappa shape index (κ3) is 3.01. The summed E-state index contributed by atoms with van der Waals surface area (Å²) in [5.74, 6) is -2.17. The van der Waals surface area contributed by atoms with Crippen molar-refractivity contribution in [1.82, 2.24) is 14.5 Å². The van der Waals surface area contributed by atoms with Gasteiger partial charge in [-0.2, -0.15) is 13.2 Å². The van der Waals surface area contributed by atoms with E-state index < -0.39 is 18.0 Å². The minimum Gasteiger partial charge on any atom is -0.481 e. The number of aryl methyl sites for hydroxylation is 1. The fourth-order valence-corrected chi connectivity index (χ4v) is 1.96. The van der Waals surface area contributed by atoms with Crippen LogP contribution in [0.25, 0.3) is 11.2 Å². The molecule has 0 aromatic carbocycles. The van der Waals surface area contributed by atoms with Gasteiger partial charge in [-0.25, -0.2) is 9.97 Å². The average Bonchev–Trinajstić information content (AvgIpc) is 2.66. The van der Waals surface area contributed by atoms with Gasteiger partial charge in [0.05, 0.1) is 5.02 Å². The second-order valence-corrected chi connectivity index (χ2v) is 4.51. The smallest absolute Gasteiger partial charge is 0.449 e. The minimum absolute atomic E-state index is 0.0279. The molecule has 1 N–H and O–H groups in total. The van der Waals surface area contributed by atoms with E-state index in [-0.39, 0.29) is 35.6 Å². The Kier molecular flexibility index (Phi) is 3.85. The highest BCUT2D eigenvalue weighted by Gasteiger charge is 2.37. The van der Waals surface area contributed by atoms with E-state index in [2.05, 4.69) is 9.97 Å². The number of hydrogen-bond acceptors (Lipinski definition) is 3. The van der Waals surface area contributed by atoms with Gasteiger partial charge in [0.25, 0.3) is 0 Å². The first-order valence-electron chi connectivity index (χ1n) is 5.60. The van der Waals surface area contributed by atoms with E-state index >= 15 is 0 Å². The van der Waals surface area contributed by atoms with Gasteiger partial charge in [0.2, 0.25) is 5.82 Å². The molecule has 0 saturated heterocycles. The van der Waals surface area contributed by atoms with Gasteiger partial charge in [0, 0.05) is 19.2 Å². The van der Waals surface area contributed by atoms with Crippen molar-refractivity contribution in [1.29, 1.82) is 0 Å². The lowest BCUT2D eigenvalue weighted by Gasteiger charge is -2.09. The monoisotopic (exact) mass is 307 g/mol. The number of pyridine rings is 1. The lowest BCUT2D eigenvalue weighted by atomic mass is 10.3. The van der Waals surface area contributed by atoms with Crippen LogP contribution in [0.15, 0.2) is 12.3 Å². The predicted octanol–water partition coefficient (Wildman–Crippen LogP) is 2.97. The first-order valence-corrected chi connectivity index (χ1v) is 5.97. The van der Waals surface area contributed by atoms with E-state index in [0.717, 1.165) is 4.57 Å². The molecule has 20 heavy (non-hydrogen) atoms. The average molecular weight is 308 g/mol. The number of carboxylic acids is 1. The van der Waals surface area contributed by atoms with Crippen molar-refractivity contribution in [3.05, 3.63) is 23.1 Å². The molecule has 0 aliphatic rings. The standard InChI is InChI=1S/C11H9ClF3N3O2/c12-6-4-7-9(16-5-6)18(3-1-2-8(19)20)10(17-7)11(13,14)15/h4-5H,1-3H2,(H,19,20). The van der Waals surface area contributed by atoms with E-state index in [0.29, 0.717) is 0 Å². The molecular formula is C11H9ClF3N3O2. The Balaban J connectivity index is 2.45. The molecule has 108 valence electrons. The van der Waals surface area contributed by atoms with Crippen LogP contribution in [0.2, 0.25) is 5.02 Å². The van der Waals surface area contributed by atoms with Crippen molar-refractivity contribution < 1.29 is 23.1 Å². The maximum atomic E-state index is 12.9. The van der Waals surface area contributed by atoms with Gasteiger partial charge in [-0.1, -0.05) is 11.6 Å². The van der Waals surface area contributed by atoms with Crippen molar-refractivity contribution in [2.45, 2.75) is 25.6 Å². The number of nitrogens with zero attached hydrogens (tertiary/aromatic N) is 3. The number of imidazole rings is 1. The van der Waals surface area contributed by atoms with Gasteiger partial charge in [-0.15, -0.1) is 0 Å². The van der Waals surface area contributed by atoms with Crippen LogP contribution in [0.3, 0.4) is 0 Å². The quantitative estimate of drug-likeness (QED) is 0.943. The number of aliphatic carboxylic acids is 1. The van der Waals surface area contributed by atoms with Crippen molar-refractivity contribution in [3.8, 4) is 0 Å². The molecule has 0 atom stereocenters. The fraction of sp³-hybridized carbons (Fsp3) is 0.364. The molecule has 2 aromatic rings. The molecule has 0 amide bonds. The molecule has 2 aromatic heterocycles. The number of alkyl halides is 3. The summed E-state index contributed by atoms with van der Waals surface area (Å²) in [7, 11) is 0. The molecule has 0 unspecified atom stereocenters. The third-order valence-electron chi connectivity index (χ3n) is 2.58. The zero-order chi connectivity index (χ0) is 14.9. The molecular weight excluding hydrogens is 299 g/mol. The second-order valence-electron chi connectivity index (χ2n) is 4.08. The van der Waals surface area contributed by atoms with Crippen LogP contribution in [-0.4, -0.2) is 25.6 Å². The van der Waals surface area contributed by atoms with Gasteiger partial charge >= 0.3 is 12.1 Å². The summed E-state index contributed by atoms with van der Waals surface area (Å²) < 4.78 is 39.6. The summed E-state index contributed by atoms with van der Waals surface area (Å²) in [4.78, 5) is 17.8. The first kappa shape index (κ1) is 14.6. The number of hydrogen-bond donors (Lipinski definition) is 1. The molecule has 0 bridgehead atoms. The first-order chi connectivity index (χ1) is 9.29. The Morgan fingerprint density at radius 3 is 2.75 bits per heavy atom. The van der Waals surface area contributed by atoms with Gasteiger partial charge in [0.1, 0.15) is 5.52 Å². The zero-order valence-electron chi connectivity index (χ0n) is 9.98. The summed E-state index contributed by atoms with van der Waals surface area (Å²) in [6.45, 7) is -0.133. The van der Waals surface area contributed by atoms with Gasteiger partial charge in [0.15, 0.2) is 5.65 Å². The minimum atomic E-state index is -4.64. The normalized spacial score (nSPS) is 12.0. The summed E-state index contributed by atoms with van der Waals surface area (Å²) in [5.41, 5.74) is 0.0623. The highest BCUT2D eigenvalue weighted by atomic mass is 35.5. The third-order valence-corrected chi connectivity index (χ3v) is 2.78. The molecule has 9 heteroatoms. The topological polar surface area (TPSA) is 68.0 Å². The van der Waals surface area contributed by atoms with Crippen molar-refractivity contribution >= 4 is 28.7 Å². The Bertz CT molecular complexity index is 654. The van der Waals surface area contributed by atoms with Crippen LogP contribution < -0.4 is 0 Å². The largest absolute Gasteiger partial charge is 0.481 e. The summed E-state index contributed by atoms with van der Waals surface area (Å²) in [5, 5.41) is 8.72. The van der Waals surface area contributed by atoms with Crippen LogP contribution >= 0.6 is 11.6 Å². The van der Waals surface area contributed by atoms with Gasteiger partial charge < -0.3 is 9.67 Å². The SMILES string of the molecule is O=C(O)CCCn1c(C(F)(F)F)nc2cc(Cl)cnc21. The molecule has 0 saturated carbocycles. The summed E-state index contributed by atoms with van der Waals surface area (Å²) >= 11 is 5.67. The van der Waals surface area contributed by atoms with Crippen LogP contribution in [0.5, 0.6) is 0 Å². The molecule has 2 rings (SSSR count). The number of aromatic nitrogens is 3. The van der Waals surface area contributed by atoms with Crippen LogP contribution in [0.1, 0.15) is 18.7 Å².